The van der Waals surface area contributed by atoms with Crippen molar-refractivity contribution in [2.45, 2.75) is 45.4 Å². The average molecular weight is 154 g/mol. The van der Waals surface area contributed by atoms with E-state index in [1.807, 2.05) is 0 Å². The zero-order valence-corrected chi connectivity index (χ0v) is 7.40. The lowest BCUT2D eigenvalue weighted by molar-refractivity contribution is 0.295. The molecule has 0 spiro atoms. The maximum atomic E-state index is 8.71. The van der Waals surface area contributed by atoms with Gasteiger partial charge in [0.1, 0.15) is 0 Å². The molecular weight excluding hydrogens is 136 g/mol. The molecule has 0 atom stereocenters. The van der Waals surface area contributed by atoms with Crippen LogP contribution in [0.5, 0.6) is 0 Å². The molecule has 0 saturated carbocycles. The maximum absolute atomic E-state index is 8.71. The standard InChI is InChI=1S/C10H18O/c1-2-3-4-9-5-6-10(9)7-8-11/h11H,2-8H2,1H3. The number of hydrogen-bond donors (Lipinski definition) is 1. The monoisotopic (exact) mass is 154 g/mol. The van der Waals surface area contributed by atoms with Crippen molar-refractivity contribution in [3.8, 4) is 0 Å². The molecule has 11 heavy (non-hydrogen) atoms. The summed E-state index contributed by atoms with van der Waals surface area (Å²) >= 11 is 0. The minimum atomic E-state index is 0.338. The Morgan fingerprint density at radius 3 is 2.27 bits per heavy atom. The van der Waals surface area contributed by atoms with E-state index in [4.69, 9.17) is 5.11 Å². The van der Waals surface area contributed by atoms with Gasteiger partial charge in [-0.15, -0.1) is 0 Å². The van der Waals surface area contributed by atoms with E-state index in [0.717, 1.165) is 6.42 Å². The van der Waals surface area contributed by atoms with Crippen LogP contribution < -0.4 is 0 Å². The van der Waals surface area contributed by atoms with Gasteiger partial charge in [-0.3, -0.25) is 0 Å². The van der Waals surface area contributed by atoms with Crippen LogP contribution >= 0.6 is 0 Å². The molecule has 0 aromatic carbocycles. The van der Waals surface area contributed by atoms with Gasteiger partial charge >= 0.3 is 0 Å². The fourth-order valence-corrected chi connectivity index (χ4v) is 1.61. The van der Waals surface area contributed by atoms with Gasteiger partial charge < -0.3 is 5.11 Å². The van der Waals surface area contributed by atoms with Crippen LogP contribution in [0.25, 0.3) is 0 Å². The molecule has 1 nitrogen and oxygen atoms in total. The lowest BCUT2D eigenvalue weighted by Crippen LogP contribution is -2.05. The first-order valence-corrected chi connectivity index (χ1v) is 4.69. The van der Waals surface area contributed by atoms with Gasteiger partial charge in [-0.1, -0.05) is 24.5 Å². The highest BCUT2D eigenvalue weighted by molar-refractivity contribution is 5.24. The van der Waals surface area contributed by atoms with Crippen LogP contribution in [0, 0.1) is 0 Å². The molecule has 0 amide bonds. The molecule has 1 heteroatoms. The van der Waals surface area contributed by atoms with E-state index in [1.165, 1.54) is 32.1 Å². The summed E-state index contributed by atoms with van der Waals surface area (Å²) in [6.07, 6.45) is 7.37. The molecule has 1 aliphatic rings. The first kappa shape index (κ1) is 8.79. The summed E-state index contributed by atoms with van der Waals surface area (Å²) in [6, 6.07) is 0. The molecular formula is C10H18O. The molecule has 0 aliphatic heterocycles. The quantitative estimate of drug-likeness (QED) is 0.603. The van der Waals surface area contributed by atoms with Crippen molar-refractivity contribution in [1.29, 1.82) is 0 Å². The van der Waals surface area contributed by atoms with Gasteiger partial charge in [0.2, 0.25) is 0 Å². The smallest absolute Gasteiger partial charge is 0.0468 e. The Hall–Kier alpha value is -0.300. The molecule has 0 radical (unpaired) electrons. The van der Waals surface area contributed by atoms with Gasteiger partial charge in [-0.25, -0.2) is 0 Å². The molecule has 0 aromatic heterocycles. The van der Waals surface area contributed by atoms with Crippen LogP contribution in [0.1, 0.15) is 45.4 Å². The third kappa shape index (κ3) is 2.33. The molecule has 0 bridgehead atoms. The average Bonchev–Trinajstić information content (AvgIpc) is 1.99. The summed E-state index contributed by atoms with van der Waals surface area (Å²) in [5, 5.41) is 8.71. The van der Waals surface area contributed by atoms with Crippen LogP contribution in [-0.4, -0.2) is 11.7 Å². The molecule has 0 saturated heterocycles. The molecule has 1 rings (SSSR count). The second-order valence-electron chi connectivity index (χ2n) is 3.28. The number of aliphatic hydroxyl groups excluding tert-OH is 1. The second-order valence-corrected chi connectivity index (χ2v) is 3.28. The van der Waals surface area contributed by atoms with Gasteiger partial charge in [-0.2, -0.15) is 0 Å². The second kappa shape index (κ2) is 4.55. The summed E-state index contributed by atoms with van der Waals surface area (Å²) in [7, 11) is 0. The van der Waals surface area contributed by atoms with E-state index in [0.29, 0.717) is 6.61 Å². The van der Waals surface area contributed by atoms with Crippen molar-refractivity contribution in [2.24, 2.45) is 0 Å². The van der Waals surface area contributed by atoms with Gasteiger partial charge in [0.25, 0.3) is 0 Å². The molecule has 0 fully saturated rings. The summed E-state index contributed by atoms with van der Waals surface area (Å²) in [5.41, 5.74) is 3.18. The third-order valence-electron chi connectivity index (χ3n) is 2.47. The summed E-state index contributed by atoms with van der Waals surface area (Å²) < 4.78 is 0. The molecule has 0 aromatic rings. The van der Waals surface area contributed by atoms with Crippen LogP contribution in [0.3, 0.4) is 0 Å². The fourth-order valence-electron chi connectivity index (χ4n) is 1.61. The Kier molecular flexibility index (Phi) is 3.64. The van der Waals surface area contributed by atoms with Crippen molar-refractivity contribution in [2.75, 3.05) is 6.61 Å². The van der Waals surface area contributed by atoms with Gasteiger partial charge in [-0.05, 0) is 32.1 Å². The first-order chi connectivity index (χ1) is 5.38. The van der Waals surface area contributed by atoms with Crippen LogP contribution in [-0.2, 0) is 0 Å². The Labute approximate surface area is 69.1 Å². The third-order valence-corrected chi connectivity index (χ3v) is 2.47. The van der Waals surface area contributed by atoms with E-state index < -0.39 is 0 Å². The minimum Gasteiger partial charge on any atom is -0.396 e. The minimum absolute atomic E-state index is 0.338. The summed E-state index contributed by atoms with van der Waals surface area (Å²) in [4.78, 5) is 0. The van der Waals surface area contributed by atoms with E-state index in [1.54, 1.807) is 11.1 Å². The van der Waals surface area contributed by atoms with Crippen LogP contribution in [0.15, 0.2) is 11.1 Å². The molecule has 1 aliphatic carbocycles. The van der Waals surface area contributed by atoms with E-state index in [2.05, 4.69) is 6.92 Å². The van der Waals surface area contributed by atoms with Crippen molar-refractivity contribution in [1.82, 2.24) is 0 Å². The van der Waals surface area contributed by atoms with Crippen molar-refractivity contribution in [3.63, 3.8) is 0 Å². The van der Waals surface area contributed by atoms with Gasteiger partial charge in [0.05, 0.1) is 0 Å². The first-order valence-electron chi connectivity index (χ1n) is 4.69. The Bertz CT molecular complexity index is 147. The molecule has 1 N–H and O–H groups in total. The highest BCUT2D eigenvalue weighted by Crippen LogP contribution is 2.33. The molecule has 0 unspecified atom stereocenters. The van der Waals surface area contributed by atoms with Gasteiger partial charge in [0, 0.05) is 6.61 Å². The Balaban J connectivity index is 2.26. The Morgan fingerprint density at radius 1 is 1.18 bits per heavy atom. The Morgan fingerprint density at radius 2 is 1.82 bits per heavy atom. The van der Waals surface area contributed by atoms with Crippen molar-refractivity contribution in [3.05, 3.63) is 11.1 Å². The SMILES string of the molecule is CCCCC1=C(CCO)CC1. The zero-order chi connectivity index (χ0) is 8.10. The van der Waals surface area contributed by atoms with Crippen molar-refractivity contribution < 1.29 is 5.11 Å². The lowest BCUT2D eigenvalue weighted by atomic mass is 9.84. The molecule has 64 valence electrons. The fraction of sp³-hybridized carbons (Fsp3) is 0.800. The van der Waals surface area contributed by atoms with Gasteiger partial charge in [0.15, 0.2) is 0 Å². The highest BCUT2D eigenvalue weighted by atomic mass is 16.2. The zero-order valence-electron chi connectivity index (χ0n) is 7.40. The number of rotatable bonds is 5. The predicted molar refractivity (Wildman–Crippen MR) is 47.5 cm³/mol. The van der Waals surface area contributed by atoms with E-state index >= 15 is 0 Å². The maximum Gasteiger partial charge on any atom is 0.0468 e. The topological polar surface area (TPSA) is 20.2 Å². The number of unbranched alkanes of at least 4 members (excludes halogenated alkanes) is 1. The van der Waals surface area contributed by atoms with Crippen LogP contribution in [0.2, 0.25) is 0 Å². The predicted octanol–water partition coefficient (Wildman–Crippen LogP) is 2.65. The normalized spacial score (nSPS) is 16.9. The number of aliphatic hydroxyl groups is 1. The highest BCUT2D eigenvalue weighted by Gasteiger charge is 2.14. The lowest BCUT2D eigenvalue weighted by Gasteiger charge is -2.23. The van der Waals surface area contributed by atoms with E-state index in [-0.39, 0.29) is 0 Å². The van der Waals surface area contributed by atoms with E-state index in [9.17, 15) is 0 Å². The van der Waals surface area contributed by atoms with Crippen molar-refractivity contribution >= 4 is 0 Å². The molecule has 0 heterocycles. The number of allylic oxidation sites excluding steroid dienone is 1. The van der Waals surface area contributed by atoms with Crippen LogP contribution in [0.4, 0.5) is 0 Å². The largest absolute Gasteiger partial charge is 0.396 e. The number of hydrogen-bond acceptors (Lipinski definition) is 1. The summed E-state index contributed by atoms with van der Waals surface area (Å²) in [6.45, 7) is 2.57. The summed E-state index contributed by atoms with van der Waals surface area (Å²) in [5.74, 6) is 0.